The quantitative estimate of drug-likeness (QED) is 0.917. The summed E-state index contributed by atoms with van der Waals surface area (Å²) in [6.45, 7) is 6.33. The van der Waals surface area contributed by atoms with Crippen LogP contribution in [0.5, 0.6) is 0 Å². The molecule has 1 N–H and O–H groups in total. The largest absolute Gasteiger partial charge is 0.309 e. The van der Waals surface area contributed by atoms with Gasteiger partial charge in [-0.1, -0.05) is 13.8 Å². The highest BCUT2D eigenvalue weighted by Gasteiger charge is 2.25. The summed E-state index contributed by atoms with van der Waals surface area (Å²) in [5, 5.41) is 9.13. The average Bonchev–Trinajstić information content (AvgIpc) is 3.05. The van der Waals surface area contributed by atoms with Gasteiger partial charge in [0.05, 0.1) is 11.4 Å². The van der Waals surface area contributed by atoms with Gasteiger partial charge < -0.3 is 5.32 Å². The second-order valence-electron chi connectivity index (χ2n) is 5.27. The molecule has 4 nitrogen and oxygen atoms in total. The van der Waals surface area contributed by atoms with Gasteiger partial charge in [-0.05, 0) is 38.3 Å². The number of nitrogens with zero attached hydrogens (tertiary/aromatic N) is 3. The number of hydrogen-bond donors (Lipinski definition) is 1. The van der Waals surface area contributed by atoms with E-state index in [1.54, 1.807) is 0 Å². The Bertz CT molecular complexity index is 572. The van der Waals surface area contributed by atoms with Crippen LogP contribution in [0.1, 0.15) is 49.7 Å². The molecule has 0 saturated carbocycles. The zero-order valence-corrected chi connectivity index (χ0v) is 13.0. The zero-order chi connectivity index (χ0) is 13.9. The van der Waals surface area contributed by atoms with E-state index in [9.17, 15) is 0 Å². The van der Waals surface area contributed by atoms with Crippen LogP contribution in [0.25, 0.3) is 10.7 Å². The van der Waals surface area contributed by atoms with Crippen molar-refractivity contribution in [2.75, 3.05) is 6.54 Å². The van der Waals surface area contributed by atoms with Gasteiger partial charge in [-0.15, -0.1) is 11.3 Å². The predicted octanol–water partition coefficient (Wildman–Crippen LogP) is 3.40. The van der Waals surface area contributed by atoms with Gasteiger partial charge in [0.25, 0.3) is 0 Å². The number of rotatable bonds is 5. The molecule has 0 spiro atoms. The summed E-state index contributed by atoms with van der Waals surface area (Å²) in [6.07, 6.45) is 6.57. The first-order valence-corrected chi connectivity index (χ1v) is 8.40. The van der Waals surface area contributed by atoms with Crippen molar-refractivity contribution < 1.29 is 0 Å². The molecule has 3 rings (SSSR count). The standard InChI is InChI=1S/C15H22N4S/c1-3-10-19-13(8-9-17-19)15-18-12-7-5-6-11(16-4-2)14(12)20-15/h8-9,11,16H,3-7,10H2,1-2H3. The number of aromatic nitrogens is 3. The van der Waals surface area contributed by atoms with Crippen molar-refractivity contribution in [2.45, 2.75) is 52.1 Å². The third kappa shape index (κ3) is 2.52. The lowest BCUT2D eigenvalue weighted by Crippen LogP contribution is -2.23. The molecule has 0 amide bonds. The summed E-state index contributed by atoms with van der Waals surface area (Å²) in [4.78, 5) is 6.33. The second kappa shape index (κ2) is 6.06. The molecule has 1 aliphatic carbocycles. The van der Waals surface area contributed by atoms with Gasteiger partial charge in [0.1, 0.15) is 5.01 Å². The molecule has 5 heteroatoms. The Morgan fingerprint density at radius 2 is 2.35 bits per heavy atom. The first-order valence-electron chi connectivity index (χ1n) is 7.58. The van der Waals surface area contributed by atoms with Crippen molar-refractivity contribution in [2.24, 2.45) is 0 Å². The predicted molar refractivity (Wildman–Crippen MR) is 83.0 cm³/mol. The fourth-order valence-electron chi connectivity index (χ4n) is 2.87. The minimum atomic E-state index is 0.498. The molecular formula is C15H22N4S. The van der Waals surface area contributed by atoms with E-state index in [1.165, 1.54) is 29.1 Å². The number of aryl methyl sites for hydroxylation is 2. The lowest BCUT2D eigenvalue weighted by molar-refractivity contribution is 0.476. The fourth-order valence-corrected chi connectivity index (χ4v) is 4.13. The van der Waals surface area contributed by atoms with Crippen LogP contribution in [-0.4, -0.2) is 21.3 Å². The Morgan fingerprint density at radius 3 is 3.15 bits per heavy atom. The van der Waals surface area contributed by atoms with Crippen molar-refractivity contribution in [3.63, 3.8) is 0 Å². The molecule has 0 radical (unpaired) electrons. The van der Waals surface area contributed by atoms with Crippen molar-refractivity contribution in [1.29, 1.82) is 0 Å². The third-order valence-corrected chi connectivity index (χ3v) is 5.01. The van der Waals surface area contributed by atoms with E-state index in [2.05, 4.69) is 35.0 Å². The third-order valence-electron chi connectivity index (χ3n) is 3.77. The van der Waals surface area contributed by atoms with Gasteiger partial charge in [0.2, 0.25) is 0 Å². The summed E-state index contributed by atoms with van der Waals surface area (Å²) in [6, 6.07) is 2.58. The maximum Gasteiger partial charge on any atom is 0.142 e. The Hall–Kier alpha value is -1.20. The monoisotopic (exact) mass is 290 g/mol. The molecular weight excluding hydrogens is 268 g/mol. The van der Waals surface area contributed by atoms with Gasteiger partial charge in [-0.2, -0.15) is 5.10 Å². The number of fused-ring (bicyclic) bond motifs is 1. The molecule has 1 atom stereocenters. The van der Waals surface area contributed by atoms with Crippen LogP contribution in [0, 0.1) is 0 Å². The van der Waals surface area contributed by atoms with Crippen LogP contribution in [0.2, 0.25) is 0 Å². The van der Waals surface area contributed by atoms with Crippen molar-refractivity contribution in [3.8, 4) is 10.7 Å². The number of nitrogens with one attached hydrogen (secondary N) is 1. The van der Waals surface area contributed by atoms with Gasteiger partial charge >= 0.3 is 0 Å². The van der Waals surface area contributed by atoms with E-state index < -0.39 is 0 Å². The lowest BCUT2D eigenvalue weighted by Gasteiger charge is -2.21. The maximum absolute atomic E-state index is 4.89. The molecule has 2 heterocycles. The highest BCUT2D eigenvalue weighted by atomic mass is 32.1. The smallest absolute Gasteiger partial charge is 0.142 e. The van der Waals surface area contributed by atoms with E-state index in [0.29, 0.717) is 6.04 Å². The van der Waals surface area contributed by atoms with Crippen molar-refractivity contribution in [1.82, 2.24) is 20.1 Å². The van der Waals surface area contributed by atoms with Gasteiger partial charge in [0, 0.05) is 23.7 Å². The first kappa shape index (κ1) is 13.8. The van der Waals surface area contributed by atoms with E-state index >= 15 is 0 Å². The van der Waals surface area contributed by atoms with Crippen molar-refractivity contribution >= 4 is 11.3 Å². The number of hydrogen-bond acceptors (Lipinski definition) is 4. The Balaban J connectivity index is 1.94. The van der Waals surface area contributed by atoms with Crippen molar-refractivity contribution in [3.05, 3.63) is 22.8 Å². The summed E-state index contributed by atoms with van der Waals surface area (Å²) in [5.74, 6) is 0. The maximum atomic E-state index is 4.89. The van der Waals surface area contributed by atoms with Crippen LogP contribution in [0.15, 0.2) is 12.3 Å². The summed E-state index contributed by atoms with van der Waals surface area (Å²) >= 11 is 1.85. The van der Waals surface area contributed by atoms with Gasteiger partial charge in [-0.3, -0.25) is 4.68 Å². The normalized spacial score (nSPS) is 18.2. The topological polar surface area (TPSA) is 42.7 Å². The average molecular weight is 290 g/mol. The summed E-state index contributed by atoms with van der Waals surface area (Å²) < 4.78 is 2.08. The molecule has 108 valence electrons. The summed E-state index contributed by atoms with van der Waals surface area (Å²) in [5.41, 5.74) is 2.47. The van der Waals surface area contributed by atoms with Crippen LogP contribution in [0.4, 0.5) is 0 Å². The Morgan fingerprint density at radius 1 is 1.45 bits per heavy atom. The zero-order valence-electron chi connectivity index (χ0n) is 12.2. The van der Waals surface area contributed by atoms with E-state index in [-0.39, 0.29) is 0 Å². The molecule has 0 saturated heterocycles. The second-order valence-corrected chi connectivity index (χ2v) is 6.30. The van der Waals surface area contributed by atoms with E-state index in [0.717, 1.165) is 30.9 Å². The van der Waals surface area contributed by atoms with Gasteiger partial charge in [-0.25, -0.2) is 4.98 Å². The lowest BCUT2D eigenvalue weighted by atomic mass is 9.98. The molecule has 0 bridgehead atoms. The minimum absolute atomic E-state index is 0.498. The van der Waals surface area contributed by atoms with Crippen LogP contribution >= 0.6 is 11.3 Å². The molecule has 2 aromatic rings. The molecule has 2 aromatic heterocycles. The SMILES string of the molecule is CCCn1nccc1-c1nc2c(s1)C(NCC)CCC2. The molecule has 1 unspecified atom stereocenters. The molecule has 0 aromatic carbocycles. The first-order chi connectivity index (χ1) is 9.83. The molecule has 1 aliphatic rings. The highest BCUT2D eigenvalue weighted by molar-refractivity contribution is 7.15. The Kier molecular flexibility index (Phi) is 4.17. The Labute approximate surface area is 124 Å². The fraction of sp³-hybridized carbons (Fsp3) is 0.600. The molecule has 0 fully saturated rings. The molecule has 20 heavy (non-hydrogen) atoms. The molecule has 0 aliphatic heterocycles. The summed E-state index contributed by atoms with van der Waals surface area (Å²) in [7, 11) is 0. The van der Waals surface area contributed by atoms with Crippen LogP contribution in [-0.2, 0) is 13.0 Å². The van der Waals surface area contributed by atoms with Crippen LogP contribution < -0.4 is 5.32 Å². The van der Waals surface area contributed by atoms with Gasteiger partial charge in [0.15, 0.2) is 0 Å². The minimum Gasteiger partial charge on any atom is -0.309 e. The number of thiazole rings is 1. The van der Waals surface area contributed by atoms with E-state index in [1.807, 2.05) is 17.5 Å². The van der Waals surface area contributed by atoms with Crippen LogP contribution in [0.3, 0.4) is 0 Å². The van der Waals surface area contributed by atoms with E-state index in [4.69, 9.17) is 4.98 Å². The highest BCUT2D eigenvalue weighted by Crippen LogP contribution is 2.37.